The second-order valence-electron chi connectivity index (χ2n) is 6.82. The smallest absolute Gasteiger partial charge is 0.261 e. The summed E-state index contributed by atoms with van der Waals surface area (Å²) in [5, 5.41) is 17.1. The number of thiophene rings is 1. The minimum atomic E-state index is -0.542. The van der Waals surface area contributed by atoms with Crippen molar-refractivity contribution in [2.45, 2.75) is 44.7 Å². The highest BCUT2D eigenvalue weighted by Crippen LogP contribution is 2.44. The first-order chi connectivity index (χ1) is 11.1. The molecule has 2 bridgehead atoms. The zero-order chi connectivity index (χ0) is 16.4. The molecular weight excluding hydrogens is 312 g/mol. The molecule has 2 fully saturated rings. The Hall–Kier alpha value is -1.40. The predicted octanol–water partition coefficient (Wildman–Crippen LogP) is 1.78. The number of nitrogens with one attached hydrogen (secondary N) is 2. The minimum Gasteiger partial charge on any atom is -0.396 e. The molecule has 1 aromatic rings. The average molecular weight is 336 g/mol. The van der Waals surface area contributed by atoms with E-state index in [9.17, 15) is 14.7 Å². The summed E-state index contributed by atoms with van der Waals surface area (Å²) < 4.78 is 0. The van der Waals surface area contributed by atoms with Gasteiger partial charge in [-0.1, -0.05) is 6.07 Å². The highest BCUT2D eigenvalue weighted by atomic mass is 32.1. The number of fused-ring (bicyclic) bond motifs is 2. The lowest BCUT2D eigenvalue weighted by atomic mass is 9.77. The van der Waals surface area contributed by atoms with Crippen LogP contribution in [0.2, 0.25) is 0 Å². The van der Waals surface area contributed by atoms with Gasteiger partial charge in [-0.05, 0) is 61.8 Å². The molecule has 3 rings (SSSR count). The first-order valence-corrected chi connectivity index (χ1v) is 9.22. The standard InChI is InChI=1S/C17H24N2O3S/c1-10(18-17(22)14-3-2-6-23-14)16(21)19-15-12-4-5-13(15)8-11(7-12)9-20/h2-3,6,10-13,15,20H,4-5,7-9H2,1H3,(H,18,22)(H,19,21)/t10?,11?,12-,13+,15?. The lowest BCUT2D eigenvalue weighted by Crippen LogP contribution is -2.52. The van der Waals surface area contributed by atoms with Gasteiger partial charge in [-0.3, -0.25) is 9.59 Å². The molecule has 2 aliphatic rings. The molecule has 5 nitrogen and oxygen atoms in total. The van der Waals surface area contributed by atoms with Crippen LogP contribution in [0, 0.1) is 17.8 Å². The van der Waals surface area contributed by atoms with Gasteiger partial charge < -0.3 is 15.7 Å². The number of hydrogen-bond acceptors (Lipinski definition) is 4. The first-order valence-electron chi connectivity index (χ1n) is 8.34. The van der Waals surface area contributed by atoms with Gasteiger partial charge in [0.1, 0.15) is 6.04 Å². The number of rotatable bonds is 5. The second-order valence-corrected chi connectivity index (χ2v) is 7.77. The molecule has 0 aliphatic heterocycles. The van der Waals surface area contributed by atoms with Gasteiger partial charge in [0.2, 0.25) is 5.91 Å². The van der Waals surface area contributed by atoms with Gasteiger partial charge in [0, 0.05) is 12.6 Å². The number of carbonyl (C=O) groups is 2. The zero-order valence-corrected chi connectivity index (χ0v) is 14.1. The van der Waals surface area contributed by atoms with Crippen molar-refractivity contribution in [3.8, 4) is 0 Å². The summed E-state index contributed by atoms with van der Waals surface area (Å²) in [4.78, 5) is 25.1. The van der Waals surface area contributed by atoms with E-state index < -0.39 is 6.04 Å². The lowest BCUT2D eigenvalue weighted by Gasteiger charge is -2.35. The van der Waals surface area contributed by atoms with Gasteiger partial charge in [0.15, 0.2) is 0 Å². The van der Waals surface area contributed by atoms with Crippen molar-refractivity contribution in [2.24, 2.45) is 17.8 Å². The van der Waals surface area contributed by atoms with E-state index in [1.807, 2.05) is 11.4 Å². The number of amides is 2. The SMILES string of the molecule is CC(NC(=O)c1cccs1)C(=O)NC1[C@@H]2CC[C@H]1CC(CO)C2. The molecule has 2 aliphatic carbocycles. The van der Waals surface area contributed by atoms with Crippen molar-refractivity contribution in [2.75, 3.05) is 6.61 Å². The maximum absolute atomic E-state index is 12.4. The van der Waals surface area contributed by atoms with Gasteiger partial charge in [0.05, 0.1) is 4.88 Å². The normalized spacial score (nSPS) is 30.7. The molecule has 23 heavy (non-hydrogen) atoms. The van der Waals surface area contributed by atoms with Crippen LogP contribution in [0.3, 0.4) is 0 Å². The van der Waals surface area contributed by atoms with E-state index in [2.05, 4.69) is 10.6 Å². The van der Waals surface area contributed by atoms with E-state index in [4.69, 9.17) is 0 Å². The maximum atomic E-state index is 12.4. The van der Waals surface area contributed by atoms with Crippen molar-refractivity contribution in [3.05, 3.63) is 22.4 Å². The maximum Gasteiger partial charge on any atom is 0.261 e. The second kappa shape index (κ2) is 7.01. The summed E-state index contributed by atoms with van der Waals surface area (Å²) in [6.07, 6.45) is 4.24. The largest absolute Gasteiger partial charge is 0.396 e. The van der Waals surface area contributed by atoms with Crippen LogP contribution in [0.1, 0.15) is 42.3 Å². The number of hydrogen-bond donors (Lipinski definition) is 3. The summed E-state index contributed by atoms with van der Waals surface area (Å²) in [5.41, 5.74) is 0. The summed E-state index contributed by atoms with van der Waals surface area (Å²) in [5.74, 6) is 1.01. The van der Waals surface area contributed by atoms with Crippen molar-refractivity contribution in [3.63, 3.8) is 0 Å². The fraction of sp³-hybridized carbons (Fsp3) is 0.647. The minimum absolute atomic E-state index is 0.112. The Morgan fingerprint density at radius 2 is 2.04 bits per heavy atom. The molecule has 0 radical (unpaired) electrons. The summed E-state index contributed by atoms with van der Waals surface area (Å²) in [7, 11) is 0. The third-order valence-electron chi connectivity index (χ3n) is 5.25. The first kappa shape index (κ1) is 16.5. The van der Waals surface area contributed by atoms with E-state index in [1.54, 1.807) is 13.0 Å². The molecule has 1 heterocycles. The van der Waals surface area contributed by atoms with Gasteiger partial charge in [0.25, 0.3) is 5.91 Å². The number of aliphatic hydroxyl groups excluding tert-OH is 1. The monoisotopic (exact) mass is 336 g/mol. The molecule has 5 atom stereocenters. The van der Waals surface area contributed by atoms with E-state index in [1.165, 1.54) is 11.3 Å². The Kier molecular flexibility index (Phi) is 5.02. The van der Waals surface area contributed by atoms with Crippen molar-refractivity contribution < 1.29 is 14.7 Å². The van der Waals surface area contributed by atoms with Crippen LogP contribution in [0.4, 0.5) is 0 Å². The number of aliphatic hydroxyl groups is 1. The third kappa shape index (κ3) is 3.58. The van der Waals surface area contributed by atoms with E-state index >= 15 is 0 Å². The molecule has 0 aromatic carbocycles. The Morgan fingerprint density at radius 3 is 2.61 bits per heavy atom. The van der Waals surface area contributed by atoms with Crippen molar-refractivity contribution in [1.29, 1.82) is 0 Å². The van der Waals surface area contributed by atoms with Crippen LogP contribution >= 0.6 is 11.3 Å². The quantitative estimate of drug-likeness (QED) is 0.767. The Morgan fingerprint density at radius 1 is 1.35 bits per heavy atom. The van der Waals surface area contributed by atoms with Crippen molar-refractivity contribution >= 4 is 23.2 Å². The Bertz CT molecular complexity index is 546. The highest BCUT2D eigenvalue weighted by Gasteiger charge is 2.43. The Labute approximate surface area is 140 Å². The van der Waals surface area contributed by atoms with Gasteiger partial charge in [-0.2, -0.15) is 0 Å². The van der Waals surface area contributed by atoms with Gasteiger partial charge in [-0.15, -0.1) is 11.3 Å². The van der Waals surface area contributed by atoms with Crippen molar-refractivity contribution in [1.82, 2.24) is 10.6 Å². The van der Waals surface area contributed by atoms with E-state index in [0.717, 1.165) is 25.7 Å². The van der Waals surface area contributed by atoms with Crippen LogP contribution < -0.4 is 10.6 Å². The summed E-state index contributed by atoms with van der Waals surface area (Å²) in [6.45, 7) is 1.98. The number of carbonyl (C=O) groups excluding carboxylic acids is 2. The van der Waals surface area contributed by atoms with Crippen LogP contribution in [-0.4, -0.2) is 35.6 Å². The van der Waals surface area contributed by atoms with E-state index in [0.29, 0.717) is 22.6 Å². The molecule has 0 saturated heterocycles. The fourth-order valence-electron chi connectivity index (χ4n) is 4.07. The van der Waals surface area contributed by atoms with Crippen LogP contribution in [0.25, 0.3) is 0 Å². The molecule has 3 unspecified atom stereocenters. The van der Waals surface area contributed by atoms with Gasteiger partial charge in [-0.25, -0.2) is 0 Å². The topological polar surface area (TPSA) is 78.4 Å². The predicted molar refractivity (Wildman–Crippen MR) is 89.2 cm³/mol. The van der Waals surface area contributed by atoms with Crippen LogP contribution in [0.5, 0.6) is 0 Å². The molecule has 1 aromatic heterocycles. The zero-order valence-electron chi connectivity index (χ0n) is 13.3. The third-order valence-corrected chi connectivity index (χ3v) is 6.12. The summed E-state index contributed by atoms with van der Waals surface area (Å²) >= 11 is 1.37. The molecular formula is C17H24N2O3S. The Balaban J connectivity index is 1.54. The van der Waals surface area contributed by atoms with E-state index in [-0.39, 0.29) is 24.5 Å². The van der Waals surface area contributed by atoms with Crippen LogP contribution in [-0.2, 0) is 4.79 Å². The van der Waals surface area contributed by atoms with Gasteiger partial charge >= 0.3 is 0 Å². The molecule has 0 spiro atoms. The lowest BCUT2D eigenvalue weighted by molar-refractivity contribution is -0.124. The molecule has 2 amide bonds. The molecule has 126 valence electrons. The molecule has 2 saturated carbocycles. The average Bonchev–Trinajstić information content (AvgIpc) is 3.14. The summed E-state index contributed by atoms with van der Waals surface area (Å²) in [6, 6.07) is 3.23. The fourth-order valence-corrected chi connectivity index (χ4v) is 4.70. The highest BCUT2D eigenvalue weighted by molar-refractivity contribution is 7.12. The van der Waals surface area contributed by atoms with Crippen LogP contribution in [0.15, 0.2) is 17.5 Å². The molecule has 3 N–H and O–H groups in total. The molecule has 6 heteroatoms.